The van der Waals surface area contributed by atoms with E-state index in [0.29, 0.717) is 0 Å². The SMILES string of the molecule is O=C(c1cccs1)N1CCc2cc3ccccc3nc21. The number of rotatable bonds is 1. The van der Waals surface area contributed by atoms with Gasteiger partial charge in [-0.25, -0.2) is 4.98 Å². The molecule has 3 aromatic rings. The Hall–Kier alpha value is -2.20. The monoisotopic (exact) mass is 280 g/mol. The molecule has 3 nitrogen and oxygen atoms in total. The zero-order chi connectivity index (χ0) is 13.5. The molecule has 4 rings (SSSR count). The predicted molar refractivity (Wildman–Crippen MR) is 81.4 cm³/mol. The normalized spacial score (nSPS) is 13.7. The predicted octanol–water partition coefficient (Wildman–Crippen LogP) is 3.50. The summed E-state index contributed by atoms with van der Waals surface area (Å²) in [6, 6.07) is 14.0. The van der Waals surface area contributed by atoms with Crippen LogP contribution in [0.3, 0.4) is 0 Å². The van der Waals surface area contributed by atoms with Crippen LogP contribution in [0.2, 0.25) is 0 Å². The summed E-state index contributed by atoms with van der Waals surface area (Å²) in [5, 5.41) is 3.06. The zero-order valence-electron chi connectivity index (χ0n) is 10.7. The Morgan fingerprint density at radius 2 is 2.10 bits per heavy atom. The number of fused-ring (bicyclic) bond motifs is 2. The summed E-state index contributed by atoms with van der Waals surface area (Å²) in [7, 11) is 0. The topological polar surface area (TPSA) is 33.2 Å². The molecule has 1 aromatic carbocycles. The number of benzene rings is 1. The summed E-state index contributed by atoms with van der Waals surface area (Å²) in [6.45, 7) is 0.718. The number of nitrogens with zero attached hydrogens (tertiary/aromatic N) is 2. The molecule has 98 valence electrons. The van der Waals surface area contributed by atoms with E-state index in [0.717, 1.165) is 40.1 Å². The lowest BCUT2D eigenvalue weighted by Crippen LogP contribution is -2.28. The molecule has 1 amide bonds. The van der Waals surface area contributed by atoms with Crippen molar-refractivity contribution in [3.8, 4) is 0 Å². The Morgan fingerprint density at radius 1 is 1.20 bits per heavy atom. The van der Waals surface area contributed by atoms with Crippen molar-refractivity contribution in [2.24, 2.45) is 0 Å². The highest BCUT2D eigenvalue weighted by Gasteiger charge is 2.27. The third kappa shape index (κ3) is 1.72. The molecule has 0 spiro atoms. The van der Waals surface area contributed by atoms with Gasteiger partial charge in [0.15, 0.2) is 0 Å². The highest BCUT2D eigenvalue weighted by atomic mass is 32.1. The van der Waals surface area contributed by atoms with Gasteiger partial charge in [0, 0.05) is 11.9 Å². The van der Waals surface area contributed by atoms with E-state index in [-0.39, 0.29) is 5.91 Å². The smallest absolute Gasteiger partial charge is 0.269 e. The average Bonchev–Trinajstić information content (AvgIpc) is 3.13. The molecule has 0 radical (unpaired) electrons. The van der Waals surface area contributed by atoms with Crippen LogP contribution < -0.4 is 4.90 Å². The molecule has 0 saturated carbocycles. The number of carbonyl (C=O) groups is 1. The second kappa shape index (κ2) is 4.42. The van der Waals surface area contributed by atoms with Gasteiger partial charge in [-0.1, -0.05) is 24.3 Å². The molecule has 1 aliphatic heterocycles. The Bertz CT molecular complexity index is 795. The van der Waals surface area contributed by atoms with Gasteiger partial charge in [0.1, 0.15) is 5.82 Å². The van der Waals surface area contributed by atoms with Crippen molar-refractivity contribution in [1.29, 1.82) is 0 Å². The summed E-state index contributed by atoms with van der Waals surface area (Å²) in [4.78, 5) is 19.8. The van der Waals surface area contributed by atoms with Crippen LogP contribution in [-0.4, -0.2) is 17.4 Å². The van der Waals surface area contributed by atoms with E-state index in [1.165, 1.54) is 11.3 Å². The lowest BCUT2D eigenvalue weighted by atomic mass is 10.1. The van der Waals surface area contributed by atoms with Crippen molar-refractivity contribution in [2.45, 2.75) is 6.42 Å². The number of hydrogen-bond acceptors (Lipinski definition) is 3. The standard InChI is InChI=1S/C16H12N2OS/c19-16(14-6-3-9-20-14)18-8-7-12-10-11-4-1-2-5-13(11)17-15(12)18/h1-6,9-10H,7-8H2. The van der Waals surface area contributed by atoms with Crippen molar-refractivity contribution >= 4 is 34.0 Å². The van der Waals surface area contributed by atoms with Crippen LogP contribution in [0, 0.1) is 0 Å². The molecule has 4 heteroatoms. The fraction of sp³-hybridized carbons (Fsp3) is 0.125. The Labute approximate surface area is 120 Å². The van der Waals surface area contributed by atoms with Crippen LogP contribution in [0.5, 0.6) is 0 Å². The molecule has 0 saturated heterocycles. The second-order valence-corrected chi connectivity index (χ2v) is 5.80. The lowest BCUT2D eigenvalue weighted by molar-refractivity contribution is 0.0992. The molecule has 20 heavy (non-hydrogen) atoms. The van der Waals surface area contributed by atoms with Crippen LogP contribution in [0.15, 0.2) is 47.8 Å². The molecule has 0 fully saturated rings. The first-order valence-corrected chi connectivity index (χ1v) is 7.45. The van der Waals surface area contributed by atoms with Crippen molar-refractivity contribution in [2.75, 3.05) is 11.4 Å². The van der Waals surface area contributed by atoms with Crippen molar-refractivity contribution < 1.29 is 4.79 Å². The number of hydrogen-bond donors (Lipinski definition) is 0. The second-order valence-electron chi connectivity index (χ2n) is 4.85. The Balaban J connectivity index is 1.81. The van der Waals surface area contributed by atoms with Crippen LogP contribution >= 0.6 is 11.3 Å². The van der Waals surface area contributed by atoms with E-state index in [1.54, 1.807) is 4.90 Å². The largest absolute Gasteiger partial charge is 0.291 e. The van der Waals surface area contributed by atoms with Gasteiger partial charge in [-0.05, 0) is 35.6 Å². The van der Waals surface area contributed by atoms with Gasteiger partial charge in [-0.3, -0.25) is 9.69 Å². The van der Waals surface area contributed by atoms with Gasteiger partial charge < -0.3 is 0 Å². The molecule has 0 aliphatic carbocycles. The van der Waals surface area contributed by atoms with E-state index in [1.807, 2.05) is 35.7 Å². The number of amides is 1. The molecule has 3 heterocycles. The van der Waals surface area contributed by atoms with E-state index in [4.69, 9.17) is 0 Å². The first-order chi connectivity index (χ1) is 9.83. The molecule has 0 unspecified atom stereocenters. The number of para-hydroxylation sites is 1. The summed E-state index contributed by atoms with van der Waals surface area (Å²) in [5.41, 5.74) is 2.10. The minimum Gasteiger partial charge on any atom is -0.291 e. The van der Waals surface area contributed by atoms with E-state index < -0.39 is 0 Å². The molecular weight excluding hydrogens is 268 g/mol. The van der Waals surface area contributed by atoms with Gasteiger partial charge >= 0.3 is 0 Å². The highest BCUT2D eigenvalue weighted by Crippen LogP contribution is 2.30. The fourth-order valence-electron chi connectivity index (χ4n) is 2.64. The van der Waals surface area contributed by atoms with Crippen LogP contribution in [0.1, 0.15) is 15.2 Å². The number of carbonyl (C=O) groups excluding carboxylic acids is 1. The summed E-state index contributed by atoms with van der Waals surface area (Å²) < 4.78 is 0. The summed E-state index contributed by atoms with van der Waals surface area (Å²) in [5.74, 6) is 0.878. The van der Waals surface area contributed by atoms with E-state index in [9.17, 15) is 4.79 Å². The highest BCUT2D eigenvalue weighted by molar-refractivity contribution is 7.12. The first-order valence-electron chi connectivity index (χ1n) is 6.57. The van der Waals surface area contributed by atoms with E-state index in [2.05, 4.69) is 17.1 Å². The molecule has 2 aromatic heterocycles. The zero-order valence-corrected chi connectivity index (χ0v) is 11.6. The minimum absolute atomic E-state index is 0.0570. The van der Waals surface area contributed by atoms with Crippen LogP contribution in [-0.2, 0) is 6.42 Å². The minimum atomic E-state index is 0.0570. The number of pyridine rings is 1. The third-order valence-corrected chi connectivity index (χ3v) is 4.48. The van der Waals surface area contributed by atoms with Crippen molar-refractivity contribution in [3.63, 3.8) is 0 Å². The lowest BCUT2D eigenvalue weighted by Gasteiger charge is -2.15. The van der Waals surface area contributed by atoms with Gasteiger partial charge in [0.05, 0.1) is 10.4 Å². The van der Waals surface area contributed by atoms with Gasteiger partial charge in [-0.15, -0.1) is 11.3 Å². The molecule has 0 N–H and O–H groups in total. The number of aromatic nitrogens is 1. The molecule has 0 atom stereocenters. The maximum atomic E-state index is 12.5. The van der Waals surface area contributed by atoms with Crippen molar-refractivity contribution in [3.05, 3.63) is 58.3 Å². The summed E-state index contributed by atoms with van der Waals surface area (Å²) in [6.07, 6.45) is 0.879. The first kappa shape index (κ1) is 11.6. The van der Waals surface area contributed by atoms with Gasteiger partial charge in [-0.2, -0.15) is 0 Å². The van der Waals surface area contributed by atoms with E-state index >= 15 is 0 Å². The average molecular weight is 280 g/mol. The van der Waals surface area contributed by atoms with Gasteiger partial charge in [0.2, 0.25) is 0 Å². The van der Waals surface area contributed by atoms with Gasteiger partial charge in [0.25, 0.3) is 5.91 Å². The quantitative estimate of drug-likeness (QED) is 0.683. The maximum Gasteiger partial charge on any atom is 0.269 e. The third-order valence-electron chi connectivity index (χ3n) is 3.62. The fourth-order valence-corrected chi connectivity index (χ4v) is 3.31. The Kier molecular flexibility index (Phi) is 2.57. The number of anilines is 1. The van der Waals surface area contributed by atoms with Crippen LogP contribution in [0.25, 0.3) is 10.9 Å². The number of thiophene rings is 1. The Morgan fingerprint density at radius 3 is 2.95 bits per heavy atom. The maximum absolute atomic E-state index is 12.5. The summed E-state index contributed by atoms with van der Waals surface area (Å²) >= 11 is 1.48. The molecule has 1 aliphatic rings. The molecule has 0 bridgehead atoms. The van der Waals surface area contributed by atoms with Crippen molar-refractivity contribution in [1.82, 2.24) is 4.98 Å². The van der Waals surface area contributed by atoms with Crippen LogP contribution in [0.4, 0.5) is 5.82 Å². The molecular formula is C16H12N2OS.